The van der Waals surface area contributed by atoms with Crippen LogP contribution in [0.15, 0.2) is 66.9 Å². The van der Waals surface area contributed by atoms with Gasteiger partial charge in [-0.05, 0) is 60.7 Å². The first-order valence-electron chi connectivity index (χ1n) is 7.79. The van der Waals surface area contributed by atoms with Crippen LogP contribution in [0.2, 0.25) is 0 Å². The lowest BCUT2D eigenvalue weighted by Gasteiger charge is -2.12. The van der Waals surface area contributed by atoms with E-state index in [9.17, 15) is 22.4 Å². The second-order valence-corrected chi connectivity index (χ2v) is 5.56. The van der Waals surface area contributed by atoms with Gasteiger partial charge in [0, 0.05) is 17.6 Å². The van der Waals surface area contributed by atoms with Gasteiger partial charge in [0.25, 0.3) is 5.91 Å². The maximum Gasteiger partial charge on any atom is 0.416 e. The van der Waals surface area contributed by atoms with Crippen LogP contribution in [0.25, 0.3) is 0 Å². The summed E-state index contributed by atoms with van der Waals surface area (Å²) >= 11 is 0. The lowest BCUT2D eigenvalue weighted by molar-refractivity contribution is -0.137. The SMILES string of the molecule is O=C(Nc1ccc(F)cc1)c1cccnc1Nc1ccc(C(F)(F)F)cc1. The van der Waals surface area contributed by atoms with Crippen molar-refractivity contribution in [1.29, 1.82) is 0 Å². The summed E-state index contributed by atoms with van der Waals surface area (Å²) in [5.74, 6) is -0.750. The van der Waals surface area contributed by atoms with Gasteiger partial charge in [-0.25, -0.2) is 9.37 Å². The molecule has 2 N–H and O–H groups in total. The average Bonchev–Trinajstić information content (AvgIpc) is 2.64. The molecule has 3 aromatic rings. The Kier molecular flexibility index (Phi) is 5.07. The van der Waals surface area contributed by atoms with E-state index in [-0.39, 0.29) is 11.4 Å². The molecule has 4 nitrogen and oxygen atoms in total. The van der Waals surface area contributed by atoms with Crippen LogP contribution in [-0.2, 0) is 6.18 Å². The lowest BCUT2D eigenvalue weighted by atomic mass is 10.2. The number of nitrogens with zero attached hydrogens (tertiary/aromatic N) is 1. The predicted molar refractivity (Wildman–Crippen MR) is 93.3 cm³/mol. The van der Waals surface area contributed by atoms with E-state index < -0.39 is 23.5 Å². The highest BCUT2D eigenvalue weighted by atomic mass is 19.4. The molecule has 3 rings (SSSR count). The van der Waals surface area contributed by atoms with Gasteiger partial charge in [0.2, 0.25) is 0 Å². The van der Waals surface area contributed by atoms with Crippen molar-refractivity contribution in [3.8, 4) is 0 Å². The first-order valence-corrected chi connectivity index (χ1v) is 7.79. The Morgan fingerprint density at radius 2 is 1.52 bits per heavy atom. The number of hydrogen-bond donors (Lipinski definition) is 2. The van der Waals surface area contributed by atoms with Gasteiger partial charge in [-0.2, -0.15) is 13.2 Å². The van der Waals surface area contributed by atoms with E-state index in [1.165, 1.54) is 48.7 Å². The largest absolute Gasteiger partial charge is 0.416 e. The van der Waals surface area contributed by atoms with Crippen LogP contribution in [0, 0.1) is 5.82 Å². The maximum atomic E-state index is 13.0. The van der Waals surface area contributed by atoms with Crippen molar-refractivity contribution in [2.24, 2.45) is 0 Å². The van der Waals surface area contributed by atoms with E-state index in [4.69, 9.17) is 0 Å². The average molecular weight is 375 g/mol. The quantitative estimate of drug-likeness (QED) is 0.614. The Labute approximate surface area is 151 Å². The number of pyridine rings is 1. The second kappa shape index (κ2) is 7.45. The van der Waals surface area contributed by atoms with E-state index in [0.29, 0.717) is 11.4 Å². The summed E-state index contributed by atoms with van der Waals surface area (Å²) in [6.07, 6.45) is -2.98. The molecule has 1 amide bonds. The van der Waals surface area contributed by atoms with Gasteiger partial charge in [0.1, 0.15) is 11.6 Å². The van der Waals surface area contributed by atoms with Gasteiger partial charge in [-0.15, -0.1) is 0 Å². The minimum atomic E-state index is -4.43. The molecule has 0 saturated heterocycles. The third kappa shape index (κ3) is 4.60. The first kappa shape index (κ1) is 18.4. The normalized spacial score (nSPS) is 11.1. The zero-order valence-corrected chi connectivity index (χ0v) is 13.7. The minimum Gasteiger partial charge on any atom is -0.340 e. The minimum absolute atomic E-state index is 0.178. The maximum absolute atomic E-state index is 13.0. The van der Waals surface area contributed by atoms with Gasteiger partial charge < -0.3 is 10.6 Å². The molecule has 0 fully saturated rings. The molecule has 0 spiro atoms. The fourth-order valence-electron chi connectivity index (χ4n) is 2.30. The van der Waals surface area contributed by atoms with Crippen LogP contribution >= 0.6 is 0 Å². The van der Waals surface area contributed by atoms with E-state index >= 15 is 0 Å². The molecule has 8 heteroatoms. The molecule has 1 aromatic heterocycles. The summed E-state index contributed by atoms with van der Waals surface area (Å²) in [7, 11) is 0. The van der Waals surface area contributed by atoms with Crippen LogP contribution in [0.4, 0.5) is 34.8 Å². The number of anilines is 3. The topological polar surface area (TPSA) is 54.0 Å². The van der Waals surface area contributed by atoms with Gasteiger partial charge in [-0.1, -0.05) is 0 Å². The van der Waals surface area contributed by atoms with E-state index in [0.717, 1.165) is 12.1 Å². The summed E-state index contributed by atoms with van der Waals surface area (Å²) in [5.41, 5.74) is 0.147. The summed E-state index contributed by atoms with van der Waals surface area (Å²) in [4.78, 5) is 16.5. The van der Waals surface area contributed by atoms with Gasteiger partial charge >= 0.3 is 6.18 Å². The van der Waals surface area contributed by atoms with Crippen LogP contribution in [-0.4, -0.2) is 10.9 Å². The number of alkyl halides is 3. The van der Waals surface area contributed by atoms with Crippen molar-refractivity contribution in [3.05, 3.63) is 83.8 Å². The van der Waals surface area contributed by atoms with E-state index in [1.807, 2.05) is 0 Å². The number of halogens is 4. The monoisotopic (exact) mass is 375 g/mol. The smallest absolute Gasteiger partial charge is 0.340 e. The Bertz CT molecular complexity index is 938. The third-order valence-electron chi connectivity index (χ3n) is 3.63. The highest BCUT2D eigenvalue weighted by molar-refractivity contribution is 6.07. The van der Waals surface area contributed by atoms with Crippen LogP contribution in [0.1, 0.15) is 15.9 Å². The number of rotatable bonds is 4. The summed E-state index contributed by atoms with van der Waals surface area (Å²) < 4.78 is 50.9. The fraction of sp³-hybridized carbons (Fsp3) is 0.0526. The van der Waals surface area contributed by atoms with E-state index in [1.54, 1.807) is 6.07 Å². The van der Waals surface area contributed by atoms with Gasteiger partial charge in [0.05, 0.1) is 11.1 Å². The highest BCUT2D eigenvalue weighted by Crippen LogP contribution is 2.30. The Balaban J connectivity index is 1.79. The number of amides is 1. The van der Waals surface area contributed by atoms with Crippen molar-refractivity contribution < 1.29 is 22.4 Å². The van der Waals surface area contributed by atoms with Crippen LogP contribution < -0.4 is 10.6 Å². The molecule has 138 valence electrons. The van der Waals surface area contributed by atoms with Crippen molar-refractivity contribution in [2.45, 2.75) is 6.18 Å². The Morgan fingerprint density at radius 3 is 2.15 bits per heavy atom. The Morgan fingerprint density at radius 1 is 0.889 bits per heavy atom. The number of hydrogen-bond acceptors (Lipinski definition) is 3. The van der Waals surface area contributed by atoms with Crippen molar-refractivity contribution in [1.82, 2.24) is 4.98 Å². The first-order chi connectivity index (χ1) is 12.8. The van der Waals surface area contributed by atoms with Crippen molar-refractivity contribution >= 4 is 23.1 Å². The molecule has 0 aliphatic rings. The summed E-state index contributed by atoms with van der Waals surface area (Å²) in [6, 6.07) is 12.7. The van der Waals surface area contributed by atoms with Crippen molar-refractivity contribution in [3.63, 3.8) is 0 Å². The number of nitrogens with one attached hydrogen (secondary N) is 2. The van der Waals surface area contributed by atoms with Crippen molar-refractivity contribution in [2.75, 3.05) is 10.6 Å². The number of carbonyl (C=O) groups excluding carboxylic acids is 1. The zero-order valence-electron chi connectivity index (χ0n) is 13.7. The molecule has 0 unspecified atom stereocenters. The molecule has 2 aromatic carbocycles. The zero-order chi connectivity index (χ0) is 19.4. The molecule has 0 atom stereocenters. The molecular weight excluding hydrogens is 362 g/mol. The summed E-state index contributed by atoms with van der Waals surface area (Å²) in [6.45, 7) is 0. The molecule has 0 bridgehead atoms. The fourth-order valence-corrected chi connectivity index (χ4v) is 2.30. The molecular formula is C19H13F4N3O. The molecule has 0 radical (unpaired) electrons. The van der Waals surface area contributed by atoms with E-state index in [2.05, 4.69) is 15.6 Å². The standard InChI is InChI=1S/C19H13F4N3O/c20-13-5-9-15(10-6-13)26-18(27)16-2-1-11-24-17(16)25-14-7-3-12(4-8-14)19(21,22)23/h1-11H,(H,24,25)(H,26,27). The van der Waals surface area contributed by atoms with Crippen LogP contribution in [0.3, 0.4) is 0 Å². The molecule has 27 heavy (non-hydrogen) atoms. The summed E-state index contributed by atoms with van der Waals surface area (Å²) in [5, 5.41) is 5.43. The molecule has 0 saturated carbocycles. The lowest BCUT2D eigenvalue weighted by Crippen LogP contribution is -2.14. The highest BCUT2D eigenvalue weighted by Gasteiger charge is 2.30. The molecule has 1 heterocycles. The number of benzene rings is 2. The number of aromatic nitrogens is 1. The van der Waals surface area contributed by atoms with Gasteiger partial charge in [0.15, 0.2) is 0 Å². The second-order valence-electron chi connectivity index (χ2n) is 5.56. The Hall–Kier alpha value is -3.42. The third-order valence-corrected chi connectivity index (χ3v) is 3.63. The number of carbonyl (C=O) groups is 1. The van der Waals surface area contributed by atoms with Gasteiger partial charge in [-0.3, -0.25) is 4.79 Å². The van der Waals surface area contributed by atoms with Crippen LogP contribution in [0.5, 0.6) is 0 Å². The molecule has 0 aliphatic heterocycles. The molecule has 0 aliphatic carbocycles. The predicted octanol–water partition coefficient (Wildman–Crippen LogP) is 5.24.